The van der Waals surface area contributed by atoms with E-state index in [0.717, 1.165) is 25.7 Å². The van der Waals surface area contributed by atoms with Gasteiger partial charge in [0.25, 0.3) is 5.91 Å². The number of nitrogens with one attached hydrogen (secondary N) is 1. The third-order valence-corrected chi connectivity index (χ3v) is 3.55. The molecule has 102 valence electrons. The summed E-state index contributed by atoms with van der Waals surface area (Å²) in [6.45, 7) is 0. The van der Waals surface area contributed by atoms with Crippen LogP contribution in [0.5, 0.6) is 0 Å². The Bertz CT molecular complexity index is 477. The van der Waals surface area contributed by atoms with Gasteiger partial charge < -0.3 is 10.2 Å². The molecule has 1 aliphatic carbocycles. The van der Waals surface area contributed by atoms with Crippen molar-refractivity contribution in [1.82, 2.24) is 4.90 Å². The van der Waals surface area contributed by atoms with Crippen molar-refractivity contribution in [2.75, 3.05) is 19.4 Å². The van der Waals surface area contributed by atoms with Crippen LogP contribution in [-0.4, -0.2) is 30.8 Å². The highest BCUT2D eigenvalue weighted by Gasteiger charge is 2.24. The summed E-state index contributed by atoms with van der Waals surface area (Å²) >= 11 is 0. The number of hydrogen-bond acceptors (Lipinski definition) is 2. The SMILES string of the molecule is CN(C)C(=O)c1ccccc1NC(=O)C1CCCC1. The van der Waals surface area contributed by atoms with Crippen LogP contribution in [0.2, 0.25) is 0 Å². The van der Waals surface area contributed by atoms with Crippen LogP contribution in [0.3, 0.4) is 0 Å². The summed E-state index contributed by atoms with van der Waals surface area (Å²) in [6, 6.07) is 7.16. The Morgan fingerprint density at radius 2 is 1.79 bits per heavy atom. The van der Waals surface area contributed by atoms with Crippen molar-refractivity contribution in [1.29, 1.82) is 0 Å². The minimum atomic E-state index is -0.0951. The lowest BCUT2D eigenvalue weighted by atomic mass is 10.1. The van der Waals surface area contributed by atoms with Crippen molar-refractivity contribution in [2.24, 2.45) is 5.92 Å². The first-order valence-electron chi connectivity index (χ1n) is 6.71. The Kier molecular flexibility index (Phi) is 4.20. The van der Waals surface area contributed by atoms with Gasteiger partial charge in [-0.3, -0.25) is 9.59 Å². The molecule has 19 heavy (non-hydrogen) atoms. The van der Waals surface area contributed by atoms with E-state index in [0.29, 0.717) is 11.3 Å². The lowest BCUT2D eigenvalue weighted by Crippen LogP contribution is -2.25. The monoisotopic (exact) mass is 260 g/mol. The van der Waals surface area contributed by atoms with Crippen LogP contribution in [-0.2, 0) is 4.79 Å². The normalized spacial score (nSPS) is 15.3. The first kappa shape index (κ1) is 13.6. The number of amides is 2. The first-order chi connectivity index (χ1) is 9.09. The van der Waals surface area contributed by atoms with Gasteiger partial charge in [0.15, 0.2) is 0 Å². The van der Waals surface area contributed by atoms with Gasteiger partial charge in [-0.15, -0.1) is 0 Å². The van der Waals surface area contributed by atoms with Gasteiger partial charge in [-0.25, -0.2) is 0 Å². The number of nitrogens with zero attached hydrogens (tertiary/aromatic N) is 1. The van der Waals surface area contributed by atoms with Crippen molar-refractivity contribution < 1.29 is 9.59 Å². The molecule has 0 atom stereocenters. The molecule has 1 fully saturated rings. The predicted octanol–water partition coefficient (Wildman–Crippen LogP) is 2.52. The second kappa shape index (κ2) is 5.87. The number of carbonyl (C=O) groups is 2. The molecule has 0 aliphatic heterocycles. The van der Waals surface area contributed by atoms with Crippen LogP contribution in [0.15, 0.2) is 24.3 Å². The van der Waals surface area contributed by atoms with E-state index in [1.807, 2.05) is 12.1 Å². The van der Waals surface area contributed by atoms with Crippen molar-refractivity contribution in [2.45, 2.75) is 25.7 Å². The van der Waals surface area contributed by atoms with Gasteiger partial charge in [-0.1, -0.05) is 25.0 Å². The molecule has 1 aromatic rings. The summed E-state index contributed by atoms with van der Waals surface area (Å²) in [4.78, 5) is 25.7. The Hall–Kier alpha value is -1.84. The third-order valence-electron chi connectivity index (χ3n) is 3.55. The van der Waals surface area contributed by atoms with Gasteiger partial charge in [-0.2, -0.15) is 0 Å². The zero-order valence-electron chi connectivity index (χ0n) is 11.5. The lowest BCUT2D eigenvalue weighted by molar-refractivity contribution is -0.119. The van der Waals surface area contributed by atoms with E-state index in [9.17, 15) is 9.59 Å². The van der Waals surface area contributed by atoms with Crippen LogP contribution in [0, 0.1) is 5.92 Å². The second-order valence-corrected chi connectivity index (χ2v) is 5.22. The van der Waals surface area contributed by atoms with Crippen molar-refractivity contribution >= 4 is 17.5 Å². The van der Waals surface area contributed by atoms with Crippen molar-refractivity contribution in [3.8, 4) is 0 Å². The molecule has 0 unspecified atom stereocenters. The van der Waals surface area contributed by atoms with E-state index >= 15 is 0 Å². The van der Waals surface area contributed by atoms with Gasteiger partial charge in [0.2, 0.25) is 5.91 Å². The molecule has 0 saturated heterocycles. The highest BCUT2D eigenvalue weighted by molar-refractivity contribution is 6.04. The summed E-state index contributed by atoms with van der Waals surface area (Å²) in [6.07, 6.45) is 4.15. The van der Waals surface area contributed by atoms with Gasteiger partial charge >= 0.3 is 0 Å². The van der Waals surface area contributed by atoms with E-state index in [-0.39, 0.29) is 17.7 Å². The third kappa shape index (κ3) is 3.13. The average Bonchev–Trinajstić information content (AvgIpc) is 2.92. The van der Waals surface area contributed by atoms with E-state index in [1.54, 1.807) is 26.2 Å². The standard InChI is InChI=1S/C15H20N2O2/c1-17(2)15(19)12-9-5-6-10-13(12)16-14(18)11-7-3-4-8-11/h5-6,9-11H,3-4,7-8H2,1-2H3,(H,16,18). The lowest BCUT2D eigenvalue weighted by Gasteiger charge is -2.16. The molecule has 4 heteroatoms. The van der Waals surface area contributed by atoms with Crippen LogP contribution < -0.4 is 5.32 Å². The van der Waals surface area contributed by atoms with E-state index in [4.69, 9.17) is 0 Å². The molecular weight excluding hydrogens is 240 g/mol. The maximum absolute atomic E-state index is 12.1. The topological polar surface area (TPSA) is 49.4 Å². The Morgan fingerprint density at radius 1 is 1.16 bits per heavy atom. The molecular formula is C15H20N2O2. The van der Waals surface area contributed by atoms with E-state index < -0.39 is 0 Å². The molecule has 0 spiro atoms. The molecule has 1 saturated carbocycles. The van der Waals surface area contributed by atoms with Crippen LogP contribution in [0.1, 0.15) is 36.0 Å². The fraction of sp³-hybridized carbons (Fsp3) is 0.467. The van der Waals surface area contributed by atoms with Crippen LogP contribution in [0.25, 0.3) is 0 Å². The van der Waals surface area contributed by atoms with Crippen molar-refractivity contribution in [3.05, 3.63) is 29.8 Å². The molecule has 1 aliphatic rings. The van der Waals surface area contributed by atoms with E-state index in [2.05, 4.69) is 5.32 Å². The van der Waals surface area contributed by atoms with Gasteiger partial charge in [0.05, 0.1) is 11.3 Å². The predicted molar refractivity (Wildman–Crippen MR) is 75.0 cm³/mol. The summed E-state index contributed by atoms with van der Waals surface area (Å²) < 4.78 is 0. The zero-order chi connectivity index (χ0) is 13.8. The number of carbonyl (C=O) groups excluding carboxylic acids is 2. The number of rotatable bonds is 3. The molecule has 2 rings (SSSR count). The zero-order valence-corrected chi connectivity index (χ0v) is 11.5. The van der Waals surface area contributed by atoms with Crippen LogP contribution >= 0.6 is 0 Å². The smallest absolute Gasteiger partial charge is 0.255 e. The maximum atomic E-state index is 12.1. The van der Waals surface area contributed by atoms with Gasteiger partial charge in [-0.05, 0) is 25.0 Å². The summed E-state index contributed by atoms with van der Waals surface area (Å²) in [7, 11) is 3.41. The molecule has 0 radical (unpaired) electrons. The molecule has 2 amide bonds. The number of hydrogen-bond donors (Lipinski definition) is 1. The molecule has 4 nitrogen and oxygen atoms in total. The molecule has 0 heterocycles. The largest absolute Gasteiger partial charge is 0.345 e. The minimum Gasteiger partial charge on any atom is -0.345 e. The highest BCUT2D eigenvalue weighted by atomic mass is 16.2. The quantitative estimate of drug-likeness (QED) is 0.907. The molecule has 0 aromatic heterocycles. The number of anilines is 1. The second-order valence-electron chi connectivity index (χ2n) is 5.22. The van der Waals surface area contributed by atoms with E-state index in [1.165, 1.54) is 4.90 Å². The fourth-order valence-corrected chi connectivity index (χ4v) is 2.44. The Balaban J connectivity index is 2.15. The summed E-state index contributed by atoms with van der Waals surface area (Å²) in [5.74, 6) is 0.0429. The van der Waals surface area contributed by atoms with Gasteiger partial charge in [0.1, 0.15) is 0 Å². The fourth-order valence-electron chi connectivity index (χ4n) is 2.44. The van der Waals surface area contributed by atoms with Crippen LogP contribution in [0.4, 0.5) is 5.69 Å². The number of para-hydroxylation sites is 1. The summed E-state index contributed by atoms with van der Waals surface area (Å²) in [5, 5.41) is 2.90. The molecule has 1 N–H and O–H groups in total. The van der Waals surface area contributed by atoms with Crippen molar-refractivity contribution in [3.63, 3.8) is 0 Å². The minimum absolute atomic E-state index is 0.0384. The average molecular weight is 260 g/mol. The molecule has 1 aromatic carbocycles. The Morgan fingerprint density at radius 3 is 2.42 bits per heavy atom. The first-order valence-corrected chi connectivity index (χ1v) is 6.71. The molecule has 0 bridgehead atoms. The maximum Gasteiger partial charge on any atom is 0.255 e. The number of benzene rings is 1. The van der Waals surface area contributed by atoms with Gasteiger partial charge in [0, 0.05) is 20.0 Å². The summed E-state index contributed by atoms with van der Waals surface area (Å²) in [5.41, 5.74) is 1.15. The Labute approximate surface area is 113 Å². The highest BCUT2D eigenvalue weighted by Crippen LogP contribution is 2.26.